The van der Waals surface area contributed by atoms with E-state index in [1.165, 1.54) is 0 Å². The maximum absolute atomic E-state index is 11.4. The van der Waals surface area contributed by atoms with Crippen molar-refractivity contribution in [3.63, 3.8) is 0 Å². The fourth-order valence-corrected chi connectivity index (χ4v) is 1.58. The van der Waals surface area contributed by atoms with Gasteiger partial charge in [-0.25, -0.2) is 0 Å². The van der Waals surface area contributed by atoms with Crippen LogP contribution >= 0.6 is 0 Å². The molecule has 1 unspecified atom stereocenters. The third kappa shape index (κ3) is 0.873. The van der Waals surface area contributed by atoms with Crippen LogP contribution in [0.2, 0.25) is 0 Å². The van der Waals surface area contributed by atoms with Crippen LogP contribution in [0.3, 0.4) is 0 Å². The molecule has 0 aromatic carbocycles. The van der Waals surface area contributed by atoms with E-state index in [1.807, 2.05) is 0 Å². The van der Waals surface area contributed by atoms with Crippen LogP contribution in [0.4, 0.5) is 0 Å². The lowest BCUT2D eigenvalue weighted by Gasteiger charge is -2.23. The summed E-state index contributed by atoms with van der Waals surface area (Å²) in [6, 6.07) is 0. The zero-order valence-electron chi connectivity index (χ0n) is 6.91. The average Bonchev–Trinajstić information content (AvgIpc) is 2.48. The molecule has 4 nitrogen and oxygen atoms in total. The second kappa shape index (κ2) is 2.40. The normalized spacial score (nSPS) is 28.9. The van der Waals surface area contributed by atoms with E-state index in [4.69, 9.17) is 0 Å². The molecular weight excluding hydrogens is 156 g/mol. The molecule has 4 heteroatoms. The third-order valence-corrected chi connectivity index (χ3v) is 2.34. The fourth-order valence-electron chi connectivity index (χ4n) is 1.58. The number of carbonyl (C=O) groups is 2. The topological polar surface area (TPSA) is 49.7 Å². The van der Waals surface area contributed by atoms with Crippen molar-refractivity contribution in [1.82, 2.24) is 4.90 Å². The number of hydrogen-bond donors (Lipinski definition) is 0. The minimum Gasteiger partial charge on any atom is -0.300 e. The number of amides is 2. The molecule has 0 saturated carbocycles. The van der Waals surface area contributed by atoms with Crippen molar-refractivity contribution in [3.8, 4) is 0 Å². The van der Waals surface area contributed by atoms with Gasteiger partial charge in [0.15, 0.2) is 0 Å². The van der Waals surface area contributed by atoms with E-state index < -0.39 is 5.92 Å². The second-order valence-corrected chi connectivity index (χ2v) is 3.18. The number of nitrogens with zero attached hydrogens (tertiary/aromatic N) is 2. The first-order chi connectivity index (χ1) is 5.70. The van der Waals surface area contributed by atoms with Gasteiger partial charge in [0, 0.05) is 13.0 Å². The highest BCUT2D eigenvalue weighted by Crippen LogP contribution is 2.20. The molecule has 0 aliphatic carbocycles. The first-order valence-electron chi connectivity index (χ1n) is 4.13. The van der Waals surface area contributed by atoms with Crippen LogP contribution in [0.5, 0.6) is 0 Å². The first kappa shape index (κ1) is 7.46. The Morgan fingerprint density at radius 1 is 1.50 bits per heavy atom. The summed E-state index contributed by atoms with van der Waals surface area (Å²) in [7, 11) is 0. The van der Waals surface area contributed by atoms with E-state index >= 15 is 0 Å². The quantitative estimate of drug-likeness (QED) is 0.482. The number of aliphatic imine (C=N–C) groups is 1. The number of rotatable bonds is 0. The molecule has 0 aromatic rings. The SMILES string of the molecule is CC1C(=O)N=C2CCCN2C1=O. The minimum absolute atomic E-state index is 0.0810. The Morgan fingerprint density at radius 3 is 3.00 bits per heavy atom. The van der Waals surface area contributed by atoms with Gasteiger partial charge in [-0.2, -0.15) is 4.99 Å². The summed E-state index contributed by atoms with van der Waals surface area (Å²) in [5.41, 5.74) is 0. The molecule has 2 aliphatic heterocycles. The van der Waals surface area contributed by atoms with Crippen LogP contribution in [0, 0.1) is 5.92 Å². The Hall–Kier alpha value is -1.19. The summed E-state index contributed by atoms with van der Waals surface area (Å²) >= 11 is 0. The molecule has 0 N–H and O–H groups in total. The van der Waals surface area contributed by atoms with E-state index in [9.17, 15) is 9.59 Å². The Morgan fingerprint density at radius 2 is 2.25 bits per heavy atom. The first-order valence-corrected chi connectivity index (χ1v) is 4.13. The fraction of sp³-hybridized carbons (Fsp3) is 0.625. The molecule has 2 amide bonds. The van der Waals surface area contributed by atoms with Crippen molar-refractivity contribution in [2.24, 2.45) is 10.9 Å². The molecule has 0 spiro atoms. The summed E-state index contributed by atoms with van der Waals surface area (Å²) < 4.78 is 0. The van der Waals surface area contributed by atoms with E-state index in [0.29, 0.717) is 5.84 Å². The lowest BCUT2D eigenvalue weighted by Crippen LogP contribution is -2.43. The van der Waals surface area contributed by atoms with Crippen LogP contribution in [-0.4, -0.2) is 29.1 Å². The van der Waals surface area contributed by atoms with Gasteiger partial charge in [-0.15, -0.1) is 0 Å². The molecule has 2 aliphatic rings. The summed E-state index contributed by atoms with van der Waals surface area (Å²) in [6.07, 6.45) is 1.70. The molecule has 2 rings (SSSR count). The Kier molecular flexibility index (Phi) is 1.49. The molecular formula is C8H10N2O2. The summed E-state index contributed by atoms with van der Waals surface area (Å²) in [5, 5.41) is 0. The van der Waals surface area contributed by atoms with E-state index in [2.05, 4.69) is 4.99 Å². The predicted molar refractivity (Wildman–Crippen MR) is 42.6 cm³/mol. The average molecular weight is 166 g/mol. The molecule has 64 valence electrons. The zero-order valence-corrected chi connectivity index (χ0v) is 6.91. The highest BCUT2D eigenvalue weighted by Gasteiger charge is 2.36. The molecule has 1 atom stereocenters. The van der Waals surface area contributed by atoms with Crippen molar-refractivity contribution in [2.75, 3.05) is 6.54 Å². The van der Waals surface area contributed by atoms with Crippen LogP contribution in [0.1, 0.15) is 19.8 Å². The van der Waals surface area contributed by atoms with Crippen molar-refractivity contribution >= 4 is 17.6 Å². The van der Waals surface area contributed by atoms with Crippen molar-refractivity contribution < 1.29 is 9.59 Å². The third-order valence-electron chi connectivity index (χ3n) is 2.34. The van der Waals surface area contributed by atoms with Gasteiger partial charge in [0.2, 0.25) is 5.91 Å². The lowest BCUT2D eigenvalue weighted by atomic mass is 10.1. The van der Waals surface area contributed by atoms with E-state index in [0.717, 1.165) is 19.4 Å². The second-order valence-electron chi connectivity index (χ2n) is 3.18. The van der Waals surface area contributed by atoms with Crippen LogP contribution in [-0.2, 0) is 9.59 Å². The van der Waals surface area contributed by atoms with Crippen LogP contribution in [0.15, 0.2) is 4.99 Å². The molecule has 1 saturated heterocycles. The standard InChI is InChI=1S/C8H10N2O2/c1-5-7(11)9-6-3-2-4-10(6)8(5)12/h5H,2-4H2,1H3. The van der Waals surface area contributed by atoms with Gasteiger partial charge in [0.1, 0.15) is 11.8 Å². The minimum atomic E-state index is -0.563. The molecule has 1 fully saturated rings. The van der Waals surface area contributed by atoms with Gasteiger partial charge < -0.3 is 0 Å². The van der Waals surface area contributed by atoms with Crippen molar-refractivity contribution in [3.05, 3.63) is 0 Å². The molecule has 2 heterocycles. The Labute approximate surface area is 70.3 Å². The van der Waals surface area contributed by atoms with Crippen LogP contribution in [0.25, 0.3) is 0 Å². The van der Waals surface area contributed by atoms with E-state index in [1.54, 1.807) is 11.8 Å². The van der Waals surface area contributed by atoms with Crippen LogP contribution < -0.4 is 0 Å². The monoisotopic (exact) mass is 166 g/mol. The summed E-state index contributed by atoms with van der Waals surface area (Å²) in [4.78, 5) is 28.0. The van der Waals surface area contributed by atoms with Crippen molar-refractivity contribution in [2.45, 2.75) is 19.8 Å². The van der Waals surface area contributed by atoms with Crippen molar-refractivity contribution in [1.29, 1.82) is 0 Å². The number of fused-ring (bicyclic) bond motifs is 1. The Bertz CT molecular complexity index is 283. The summed E-state index contributed by atoms with van der Waals surface area (Å²) in [5.74, 6) is -0.259. The van der Waals surface area contributed by atoms with Gasteiger partial charge in [0.25, 0.3) is 5.91 Å². The van der Waals surface area contributed by atoms with Gasteiger partial charge in [-0.05, 0) is 13.3 Å². The molecule has 0 radical (unpaired) electrons. The lowest BCUT2D eigenvalue weighted by molar-refractivity contribution is -0.138. The molecule has 0 bridgehead atoms. The largest absolute Gasteiger partial charge is 0.300 e. The number of amidine groups is 1. The maximum atomic E-state index is 11.4. The number of hydrogen-bond acceptors (Lipinski definition) is 2. The molecule has 0 aromatic heterocycles. The van der Waals surface area contributed by atoms with Gasteiger partial charge in [-0.1, -0.05) is 0 Å². The van der Waals surface area contributed by atoms with Gasteiger partial charge >= 0.3 is 0 Å². The number of carbonyl (C=O) groups excluding carboxylic acids is 2. The smallest absolute Gasteiger partial charge is 0.259 e. The predicted octanol–water partition coefficient (Wildman–Crippen LogP) is 0.184. The van der Waals surface area contributed by atoms with Gasteiger partial charge in [0.05, 0.1) is 0 Å². The van der Waals surface area contributed by atoms with E-state index in [-0.39, 0.29) is 11.8 Å². The maximum Gasteiger partial charge on any atom is 0.259 e. The highest BCUT2D eigenvalue weighted by molar-refractivity contribution is 6.16. The van der Waals surface area contributed by atoms with Gasteiger partial charge in [-0.3, -0.25) is 14.5 Å². The highest BCUT2D eigenvalue weighted by atomic mass is 16.2. The summed E-state index contributed by atoms with van der Waals surface area (Å²) in [6.45, 7) is 2.35. The molecule has 12 heavy (non-hydrogen) atoms. The Balaban J connectivity index is 2.38. The zero-order chi connectivity index (χ0) is 8.72.